The van der Waals surface area contributed by atoms with Gasteiger partial charge in [-0.25, -0.2) is 23.9 Å². The Morgan fingerprint density at radius 1 is 1.15 bits per heavy atom. The van der Waals surface area contributed by atoms with Gasteiger partial charge in [0, 0.05) is 55.2 Å². The van der Waals surface area contributed by atoms with Crippen molar-refractivity contribution >= 4 is 62.4 Å². The number of aliphatic carboxylic acids is 1. The van der Waals surface area contributed by atoms with Gasteiger partial charge in [-0.1, -0.05) is 18.5 Å². The van der Waals surface area contributed by atoms with Crippen molar-refractivity contribution in [3.63, 3.8) is 0 Å². The second kappa shape index (κ2) is 13.2. The molecule has 14 heteroatoms. The van der Waals surface area contributed by atoms with Crippen molar-refractivity contribution in [3.8, 4) is 0 Å². The number of aromatic nitrogens is 4. The second-order valence-electron chi connectivity index (χ2n) is 12.7. The molecule has 0 aliphatic carbocycles. The lowest BCUT2D eigenvalue weighted by Gasteiger charge is -2.37. The average molecular weight is 679 g/mol. The highest BCUT2D eigenvalue weighted by Crippen LogP contribution is 2.36. The molecule has 48 heavy (non-hydrogen) atoms. The number of H-pyrrole nitrogens is 1. The molecule has 0 unspecified atom stereocenters. The number of rotatable bonds is 10. The van der Waals surface area contributed by atoms with Gasteiger partial charge in [-0.15, -0.1) is 0 Å². The summed E-state index contributed by atoms with van der Waals surface area (Å²) in [6.07, 6.45) is 3.70. The van der Waals surface area contributed by atoms with Gasteiger partial charge in [0.25, 0.3) is 0 Å². The molecule has 0 saturated carbocycles. The van der Waals surface area contributed by atoms with Crippen LogP contribution < -0.4 is 10.6 Å². The number of benzene rings is 2. The van der Waals surface area contributed by atoms with Crippen LogP contribution in [-0.2, 0) is 20.7 Å². The van der Waals surface area contributed by atoms with Gasteiger partial charge in [0.05, 0.1) is 11.0 Å². The molecule has 0 radical (unpaired) electrons. The molecule has 0 bridgehead atoms. The van der Waals surface area contributed by atoms with Crippen LogP contribution in [0.3, 0.4) is 0 Å². The van der Waals surface area contributed by atoms with Gasteiger partial charge in [-0.2, -0.15) is 0 Å². The minimum absolute atomic E-state index is 0.0291. The molecule has 12 nitrogen and oxygen atoms in total. The average Bonchev–Trinajstić information content (AvgIpc) is 3.77. The molecule has 3 aromatic heterocycles. The van der Waals surface area contributed by atoms with Crippen LogP contribution in [0.5, 0.6) is 0 Å². The first kappa shape index (κ1) is 32.1. The number of ether oxygens (including phenoxy) is 1. The van der Waals surface area contributed by atoms with Crippen molar-refractivity contribution in [2.45, 2.75) is 57.5 Å². The smallest absolute Gasteiger partial charge is 0.326 e. The summed E-state index contributed by atoms with van der Waals surface area (Å²) in [6, 6.07) is 8.85. The quantitative estimate of drug-likeness (QED) is 0.188. The summed E-state index contributed by atoms with van der Waals surface area (Å²) in [4.78, 5) is 53.6. The summed E-state index contributed by atoms with van der Waals surface area (Å²) in [6.45, 7) is 3.97. The lowest BCUT2D eigenvalue weighted by molar-refractivity contribution is -0.139. The van der Waals surface area contributed by atoms with E-state index in [4.69, 9.17) is 30.7 Å². The number of carboxylic acid groups (broad SMARTS) is 1. The number of fused-ring (bicyclic) bond motifs is 4. The number of halogens is 2. The lowest BCUT2D eigenvalue weighted by atomic mass is 9.93. The number of hydrogen-bond donors (Lipinski definition) is 2. The van der Waals surface area contributed by atoms with Crippen molar-refractivity contribution < 1.29 is 28.2 Å². The fourth-order valence-electron chi connectivity index (χ4n) is 7.14. The van der Waals surface area contributed by atoms with E-state index in [0.29, 0.717) is 109 Å². The molecule has 5 aromatic rings. The lowest BCUT2D eigenvalue weighted by Crippen LogP contribution is -2.46. The topological polar surface area (TPSA) is 147 Å². The third kappa shape index (κ3) is 6.12. The molecule has 1 amide bonds. The third-order valence-electron chi connectivity index (χ3n) is 9.50. The van der Waals surface area contributed by atoms with Crippen LogP contribution in [0.15, 0.2) is 45.6 Å². The number of aryl methyl sites for hydroxylation is 1. The molecule has 7 rings (SSSR count). The van der Waals surface area contributed by atoms with Crippen LogP contribution in [0.2, 0.25) is 5.02 Å². The monoisotopic (exact) mass is 678 g/mol. The summed E-state index contributed by atoms with van der Waals surface area (Å²) in [7, 11) is 0. The summed E-state index contributed by atoms with van der Waals surface area (Å²) in [5.74, 6) is -0.439. The van der Waals surface area contributed by atoms with Crippen molar-refractivity contribution in [2.75, 3.05) is 37.7 Å². The molecule has 0 spiro atoms. The maximum atomic E-state index is 14.0. The van der Waals surface area contributed by atoms with Crippen LogP contribution in [-0.4, -0.2) is 80.3 Å². The standard InChI is InChI=1S/C34H36ClFN6O6/c1-19-17-40(13-11-24(19)42-25-10-7-20(35)15-23(25)37-34(42)46)29(43)18-47-14-3-2-6-28-38-30-22-9-8-21(36)16-27(22)48-31(30)32(39-28)41-12-4-5-26(41)33(44)45/h7-10,15-16,19,24,26H,2-6,11-14,17-18H2,1H3,(H,37,46)(H,44,45)/t19-,24-,26-/m0/s1. The number of carbonyl (C=O) groups excluding carboxylic acids is 1. The summed E-state index contributed by atoms with van der Waals surface area (Å²) >= 11 is 6.10. The number of nitrogens with zero attached hydrogens (tertiary/aromatic N) is 5. The number of hydrogen-bond acceptors (Lipinski definition) is 8. The molecular formula is C34H36ClFN6O6. The Labute approximate surface area is 279 Å². The van der Waals surface area contributed by atoms with E-state index < -0.39 is 17.8 Å². The normalized spacial score (nSPS) is 20.0. The Balaban J connectivity index is 0.942. The molecule has 5 heterocycles. The van der Waals surface area contributed by atoms with Crippen LogP contribution in [0.1, 0.15) is 50.9 Å². The van der Waals surface area contributed by atoms with E-state index in [1.165, 1.54) is 12.1 Å². The van der Waals surface area contributed by atoms with E-state index >= 15 is 0 Å². The Hall–Kier alpha value is -4.49. The number of likely N-dealkylation sites (tertiary alicyclic amines) is 1. The van der Waals surface area contributed by atoms with Gasteiger partial charge < -0.3 is 29.0 Å². The van der Waals surface area contributed by atoms with Crippen LogP contribution in [0, 0.1) is 11.7 Å². The van der Waals surface area contributed by atoms with Gasteiger partial charge in [-0.05, 0) is 68.4 Å². The number of furan rings is 1. The zero-order valence-electron chi connectivity index (χ0n) is 26.5. The number of nitrogens with one attached hydrogen (secondary N) is 1. The summed E-state index contributed by atoms with van der Waals surface area (Å²) in [5.41, 5.74) is 2.54. The van der Waals surface area contributed by atoms with E-state index in [2.05, 4.69) is 4.98 Å². The third-order valence-corrected chi connectivity index (χ3v) is 9.74. The number of unbranched alkanes of at least 4 members (excludes halogenated alkanes) is 1. The fraction of sp³-hybridized carbons (Fsp3) is 0.441. The van der Waals surface area contributed by atoms with E-state index in [1.807, 2.05) is 13.0 Å². The molecule has 252 valence electrons. The highest BCUT2D eigenvalue weighted by atomic mass is 35.5. The van der Waals surface area contributed by atoms with Gasteiger partial charge in [0.15, 0.2) is 11.4 Å². The highest BCUT2D eigenvalue weighted by molar-refractivity contribution is 6.31. The van der Waals surface area contributed by atoms with Gasteiger partial charge in [0.1, 0.15) is 35.4 Å². The zero-order chi connectivity index (χ0) is 33.5. The predicted molar refractivity (Wildman–Crippen MR) is 178 cm³/mol. The second-order valence-corrected chi connectivity index (χ2v) is 13.2. The van der Waals surface area contributed by atoms with E-state index in [-0.39, 0.29) is 30.2 Å². The molecule has 2 saturated heterocycles. The SMILES string of the molecule is C[C@H]1CN(C(=O)COCCCCc2nc(N3CCC[C@H]3C(=O)O)c3oc4cc(F)ccc4c3n2)CC[C@@H]1n1c(=O)[nH]c2cc(Cl)ccc21. The number of imidazole rings is 1. The fourth-order valence-corrected chi connectivity index (χ4v) is 7.32. The Kier molecular flexibility index (Phi) is 8.82. The first-order chi connectivity index (χ1) is 23.2. The maximum absolute atomic E-state index is 14.0. The van der Waals surface area contributed by atoms with E-state index in [0.717, 1.165) is 5.52 Å². The van der Waals surface area contributed by atoms with Crippen molar-refractivity contribution in [3.05, 3.63) is 63.5 Å². The Bertz CT molecular complexity index is 2080. The molecule has 2 aliphatic heterocycles. The number of carbonyl (C=O) groups is 2. The minimum Gasteiger partial charge on any atom is -0.480 e. The Morgan fingerprint density at radius 2 is 2.00 bits per heavy atom. The summed E-state index contributed by atoms with van der Waals surface area (Å²) < 4.78 is 27.5. The molecular weight excluding hydrogens is 643 g/mol. The Morgan fingerprint density at radius 3 is 2.81 bits per heavy atom. The zero-order valence-corrected chi connectivity index (χ0v) is 27.2. The number of aromatic amines is 1. The first-order valence-corrected chi connectivity index (χ1v) is 16.7. The van der Waals surface area contributed by atoms with Crippen LogP contribution in [0.4, 0.5) is 10.2 Å². The molecule has 3 atom stereocenters. The van der Waals surface area contributed by atoms with Crippen molar-refractivity contribution in [1.82, 2.24) is 24.4 Å². The highest BCUT2D eigenvalue weighted by Gasteiger charge is 2.35. The number of carboxylic acids is 1. The molecule has 2 fully saturated rings. The number of amides is 1. The van der Waals surface area contributed by atoms with Gasteiger partial charge in [0.2, 0.25) is 5.91 Å². The van der Waals surface area contributed by atoms with E-state index in [1.54, 1.807) is 32.6 Å². The van der Waals surface area contributed by atoms with Crippen molar-refractivity contribution in [1.29, 1.82) is 0 Å². The first-order valence-electron chi connectivity index (χ1n) is 16.3. The summed E-state index contributed by atoms with van der Waals surface area (Å²) in [5, 5.41) is 11.0. The van der Waals surface area contributed by atoms with Crippen molar-refractivity contribution in [2.24, 2.45) is 5.92 Å². The molecule has 2 aliphatic rings. The molecule has 2 N–H and O–H groups in total. The number of piperidine rings is 1. The van der Waals surface area contributed by atoms with E-state index in [9.17, 15) is 23.9 Å². The largest absolute Gasteiger partial charge is 0.480 e. The minimum atomic E-state index is -0.927. The molecule has 2 aromatic carbocycles. The van der Waals surface area contributed by atoms with Crippen LogP contribution >= 0.6 is 11.6 Å². The van der Waals surface area contributed by atoms with Gasteiger partial charge >= 0.3 is 11.7 Å². The van der Waals surface area contributed by atoms with Gasteiger partial charge in [-0.3, -0.25) is 9.36 Å². The predicted octanol–water partition coefficient (Wildman–Crippen LogP) is 5.31. The maximum Gasteiger partial charge on any atom is 0.326 e. The number of anilines is 1. The van der Waals surface area contributed by atoms with Crippen LogP contribution in [0.25, 0.3) is 33.1 Å².